The predicted octanol–water partition coefficient (Wildman–Crippen LogP) is 36.3. The summed E-state index contributed by atoms with van der Waals surface area (Å²) in [5.74, 6) is 5.85. The molecule has 0 aliphatic heterocycles. The van der Waals surface area contributed by atoms with E-state index in [1.807, 2.05) is 127 Å². The van der Waals surface area contributed by atoms with Crippen LogP contribution in [0.3, 0.4) is 0 Å². The van der Waals surface area contributed by atoms with Crippen LogP contribution in [0.4, 0.5) is 0 Å². The van der Waals surface area contributed by atoms with Gasteiger partial charge in [-0.25, -0.2) is 44.9 Å². The molecule has 3 heterocycles. The van der Waals surface area contributed by atoms with E-state index in [-0.39, 0.29) is 0 Å². The van der Waals surface area contributed by atoms with Crippen LogP contribution in [0.5, 0.6) is 0 Å². The summed E-state index contributed by atoms with van der Waals surface area (Å²) in [7, 11) is 0. The Balaban J connectivity index is 0.000000110. The topological polar surface area (TPSA) is 116 Å². The van der Waals surface area contributed by atoms with Crippen LogP contribution >= 0.6 is 0 Å². The minimum Gasteiger partial charge on any atom is -0.208 e. The number of hydrogen-bond acceptors (Lipinski definition) is 9. The molecule has 0 saturated carbocycles. The second kappa shape index (κ2) is 37.5. The Hall–Kier alpha value is -19.9. The lowest BCUT2D eigenvalue weighted by atomic mass is 9.89. The first-order valence-electron chi connectivity index (χ1n) is 50.1. The molecule has 29 aromatic rings. The first-order chi connectivity index (χ1) is 73.3. The van der Waals surface area contributed by atoms with Gasteiger partial charge in [0.2, 0.25) is 0 Å². The lowest BCUT2D eigenvalue weighted by Crippen LogP contribution is -2.00. The molecule has 26 aromatic carbocycles. The predicted molar refractivity (Wildman–Crippen MR) is 618 cm³/mol. The average molecular weight is 1880 g/mol. The number of benzene rings is 26. The molecule has 0 radical (unpaired) electrons. The third-order valence-electron chi connectivity index (χ3n) is 28.8. The number of nitrogens with zero attached hydrogens (tertiary/aromatic N) is 9. The smallest absolute Gasteiger partial charge is 0.164 e. The van der Waals surface area contributed by atoms with Gasteiger partial charge in [0.05, 0.1) is 0 Å². The molecule has 0 unspecified atom stereocenters. The number of fused-ring (bicyclic) bond motifs is 22. The van der Waals surface area contributed by atoms with Gasteiger partial charge < -0.3 is 0 Å². The van der Waals surface area contributed by atoms with E-state index in [1.54, 1.807) is 0 Å². The molecule has 0 saturated heterocycles. The molecule has 0 fully saturated rings. The van der Waals surface area contributed by atoms with Gasteiger partial charge in [0.25, 0.3) is 0 Å². The third kappa shape index (κ3) is 16.3. The van der Waals surface area contributed by atoms with Gasteiger partial charge in [0.1, 0.15) is 0 Å². The van der Waals surface area contributed by atoms with E-state index >= 15 is 0 Å². The minimum atomic E-state index is 0.640. The molecular weight excluding hydrogens is 1800 g/mol. The molecule has 29 rings (SSSR count). The maximum Gasteiger partial charge on any atom is 0.164 e. The molecule has 0 amide bonds. The molecule has 0 N–H and O–H groups in total. The van der Waals surface area contributed by atoms with Crippen LogP contribution in [0.2, 0.25) is 0 Å². The summed E-state index contributed by atoms with van der Waals surface area (Å²) >= 11 is 0. The first-order valence-corrected chi connectivity index (χ1v) is 50.1. The Bertz CT molecular complexity index is 10200. The second-order valence-corrected chi connectivity index (χ2v) is 37.7. The van der Waals surface area contributed by atoms with Crippen molar-refractivity contribution in [1.82, 2.24) is 44.9 Å². The van der Waals surface area contributed by atoms with Crippen LogP contribution in [-0.4, -0.2) is 44.9 Å². The highest BCUT2D eigenvalue weighted by molar-refractivity contribution is 6.30. The lowest BCUT2D eigenvalue weighted by Gasteiger charge is -2.15. The summed E-state index contributed by atoms with van der Waals surface area (Å²) in [4.78, 5) is 44.9. The summed E-state index contributed by atoms with van der Waals surface area (Å²) in [6.45, 7) is 0. The van der Waals surface area contributed by atoms with Crippen molar-refractivity contribution in [2.45, 2.75) is 0 Å². The Morgan fingerprint density at radius 3 is 0.784 bits per heavy atom. The van der Waals surface area contributed by atoms with Crippen molar-refractivity contribution >= 4 is 140 Å². The van der Waals surface area contributed by atoms with Gasteiger partial charge in [-0.15, -0.1) is 0 Å². The van der Waals surface area contributed by atoms with Crippen molar-refractivity contribution in [2.75, 3.05) is 0 Å². The minimum absolute atomic E-state index is 0.640. The van der Waals surface area contributed by atoms with Crippen LogP contribution in [0.1, 0.15) is 0 Å². The maximum atomic E-state index is 5.07. The van der Waals surface area contributed by atoms with Gasteiger partial charge in [0, 0.05) is 50.1 Å². The van der Waals surface area contributed by atoms with Crippen LogP contribution in [-0.2, 0) is 0 Å². The fourth-order valence-corrected chi connectivity index (χ4v) is 21.6. The molecule has 0 spiro atoms. The van der Waals surface area contributed by atoms with E-state index in [2.05, 4.69) is 400 Å². The monoisotopic (exact) mass is 1880 g/mol. The third-order valence-corrected chi connectivity index (χ3v) is 28.8. The number of hydrogen-bond donors (Lipinski definition) is 0. The fraction of sp³-hybridized carbons (Fsp3) is 0. The zero-order valence-electron chi connectivity index (χ0n) is 80.3. The molecule has 3 aromatic heterocycles. The van der Waals surface area contributed by atoms with Crippen LogP contribution in [0, 0.1) is 0 Å². The highest BCUT2D eigenvalue weighted by atomic mass is 15.1. The lowest BCUT2D eigenvalue weighted by molar-refractivity contribution is 1.07. The Morgan fingerprint density at radius 1 is 0.0878 bits per heavy atom. The Morgan fingerprint density at radius 2 is 0.331 bits per heavy atom. The maximum absolute atomic E-state index is 5.07. The molecule has 0 aliphatic rings. The fourth-order valence-electron chi connectivity index (χ4n) is 21.6. The van der Waals surface area contributed by atoms with Crippen molar-refractivity contribution in [2.24, 2.45) is 0 Å². The zero-order chi connectivity index (χ0) is 97.9. The summed E-state index contributed by atoms with van der Waals surface area (Å²) < 4.78 is 0. The second-order valence-electron chi connectivity index (χ2n) is 37.7. The van der Waals surface area contributed by atoms with Gasteiger partial charge in [-0.1, -0.05) is 491 Å². The van der Waals surface area contributed by atoms with Crippen molar-refractivity contribution in [3.05, 3.63) is 528 Å². The molecule has 9 nitrogen and oxygen atoms in total. The van der Waals surface area contributed by atoms with E-state index in [4.69, 9.17) is 44.9 Å². The van der Waals surface area contributed by atoms with Gasteiger partial charge in [-0.2, -0.15) is 0 Å². The van der Waals surface area contributed by atoms with Crippen molar-refractivity contribution in [1.29, 1.82) is 0 Å². The molecular formula is C139H87N9. The SMILES string of the molecule is c1ccc(-c2cccc(-c3nc(-c4ccccc4)nc(-c4ccc(-c5cc6c(ccc7ccc8ccccc8c76)c6ccccc56)cc4)n3)c2)cc1.c1ccc(-c2nc(-c3ccc(-c4cc5ccccc5c5c4ccc4c6ccccc6ccc45)cc3)nc(-c3ccc4ccccc4c3)n2)cc1.c1ccc(-c2nc(-c3ccccc3)nc(-c3cccc(-c4cc5c(ccc6ccc7ccccc7c65)c5ccccc45)c3)n2)cc1. The van der Waals surface area contributed by atoms with Crippen molar-refractivity contribution in [3.8, 4) is 147 Å². The van der Waals surface area contributed by atoms with E-state index in [0.29, 0.717) is 52.4 Å². The van der Waals surface area contributed by atoms with Crippen molar-refractivity contribution < 1.29 is 0 Å². The van der Waals surface area contributed by atoms with Gasteiger partial charge in [-0.05, 0) is 221 Å². The molecule has 0 aliphatic carbocycles. The molecule has 688 valence electrons. The van der Waals surface area contributed by atoms with E-state index < -0.39 is 0 Å². The van der Waals surface area contributed by atoms with Crippen LogP contribution < -0.4 is 0 Å². The summed E-state index contributed by atoms with van der Waals surface area (Å²) in [5, 5.41) is 32.6. The Kier molecular flexibility index (Phi) is 22.1. The highest BCUT2D eigenvalue weighted by Crippen LogP contribution is 2.47. The van der Waals surface area contributed by atoms with Crippen LogP contribution in [0.25, 0.3) is 287 Å². The largest absolute Gasteiger partial charge is 0.208 e. The molecule has 9 heteroatoms. The quantitative estimate of drug-likeness (QED) is 0.104. The summed E-state index contributed by atoms with van der Waals surface area (Å²) in [5.41, 5.74) is 17.8. The van der Waals surface area contributed by atoms with Gasteiger partial charge >= 0.3 is 0 Å². The average Bonchev–Trinajstić information content (AvgIpc) is 0.735. The zero-order valence-corrected chi connectivity index (χ0v) is 80.3. The van der Waals surface area contributed by atoms with Crippen LogP contribution in [0.15, 0.2) is 528 Å². The Labute approximate surface area is 853 Å². The van der Waals surface area contributed by atoms with E-state index in [0.717, 1.165) is 83.3 Å². The summed E-state index contributed by atoms with van der Waals surface area (Å²) in [6.07, 6.45) is 0. The molecule has 148 heavy (non-hydrogen) atoms. The van der Waals surface area contributed by atoms with E-state index in [9.17, 15) is 0 Å². The normalized spacial score (nSPS) is 11.5. The number of rotatable bonds is 13. The van der Waals surface area contributed by atoms with Crippen molar-refractivity contribution in [3.63, 3.8) is 0 Å². The van der Waals surface area contributed by atoms with Gasteiger partial charge in [0.15, 0.2) is 52.4 Å². The molecule has 0 bridgehead atoms. The van der Waals surface area contributed by atoms with E-state index in [1.165, 1.54) is 151 Å². The highest BCUT2D eigenvalue weighted by Gasteiger charge is 2.23. The summed E-state index contributed by atoms with van der Waals surface area (Å²) in [6, 6.07) is 186. The number of aromatic nitrogens is 9. The first kappa shape index (κ1) is 87.2. The standard InChI is InChI=1S/C49H31N3.C47H29N3.C43H27N3/c1-3-12-32(13-4-1)38-17-11-18-39(30-38)49-51-47(36-15-5-2-6-16-36)50-48(52-49)37-26-23-34(24-27-37)44-31-45-43(41-20-9-10-21-42(41)44)29-28-35-25-22-33-14-7-8-19-40(33)46(35)45;1-2-12-33(13-3-1)45-48-46(50-47(49-45)37-23-18-30-10-4-5-14-35(30)28-37)34-21-19-32(20-22-34)43-29-36-15-7-9-17-39(36)44-41-25-24-31-11-6-8-16-38(31)40(41)26-27-42(43)44;1-3-13-30(14-4-1)41-44-42(31-15-5-2-6-16-31)46-43(45-41)33-18-11-17-32(26-33)38-27-39-37(35-20-9-10-21-36(35)38)25-24-29-23-22-28-12-7-8-19-34(28)40(29)39/h1-31H;1-29H;1-27H. The molecule has 0 atom stereocenters. The van der Waals surface area contributed by atoms with Gasteiger partial charge in [-0.3, -0.25) is 0 Å².